The molecule has 0 saturated heterocycles. The molecule has 0 saturated carbocycles. The van der Waals surface area contributed by atoms with E-state index >= 15 is 0 Å². The van der Waals surface area contributed by atoms with Gasteiger partial charge in [-0.3, -0.25) is 4.79 Å². The molecular formula is C17H16F2N8O4S. The van der Waals surface area contributed by atoms with Crippen LogP contribution in [0.3, 0.4) is 0 Å². The third-order valence-corrected chi connectivity index (χ3v) is 4.89. The summed E-state index contributed by atoms with van der Waals surface area (Å²) in [5, 5.41) is 22.8. The van der Waals surface area contributed by atoms with Crippen molar-refractivity contribution in [3.05, 3.63) is 42.2 Å². The minimum absolute atomic E-state index is 0.0209. The minimum atomic E-state index is -3.62. The molecule has 0 aliphatic carbocycles. The molecule has 12 nitrogen and oxygen atoms in total. The van der Waals surface area contributed by atoms with E-state index in [0.717, 1.165) is 6.26 Å². The Morgan fingerprint density at radius 3 is 2.44 bits per heavy atom. The topological polar surface area (TPSA) is 161 Å². The van der Waals surface area contributed by atoms with Gasteiger partial charge in [0.1, 0.15) is 10.7 Å². The van der Waals surface area contributed by atoms with E-state index in [-0.39, 0.29) is 39.6 Å². The first-order chi connectivity index (χ1) is 15.2. The summed E-state index contributed by atoms with van der Waals surface area (Å²) in [5.74, 6) is -0.774. The Morgan fingerprint density at radius 1 is 1.06 bits per heavy atom. The van der Waals surface area contributed by atoms with Crippen molar-refractivity contribution < 1.29 is 26.7 Å². The van der Waals surface area contributed by atoms with Gasteiger partial charge < -0.3 is 20.7 Å². The maximum absolute atomic E-state index is 12.2. The Morgan fingerprint density at radius 2 is 1.81 bits per heavy atom. The van der Waals surface area contributed by atoms with Crippen molar-refractivity contribution in [2.75, 3.05) is 23.9 Å². The summed E-state index contributed by atoms with van der Waals surface area (Å²) in [5.41, 5.74) is -0.0361. The van der Waals surface area contributed by atoms with Crippen molar-refractivity contribution in [1.82, 2.24) is 30.7 Å². The van der Waals surface area contributed by atoms with Crippen LogP contribution in [0.5, 0.6) is 5.88 Å². The van der Waals surface area contributed by atoms with Crippen molar-refractivity contribution in [2.45, 2.75) is 11.5 Å². The molecule has 3 rings (SSSR count). The summed E-state index contributed by atoms with van der Waals surface area (Å²) < 4.78 is 52.7. The first kappa shape index (κ1) is 22.7. The van der Waals surface area contributed by atoms with Crippen LogP contribution in [0.2, 0.25) is 0 Å². The first-order valence-corrected chi connectivity index (χ1v) is 10.6. The predicted octanol–water partition coefficient (Wildman–Crippen LogP) is 1.51. The number of alkyl halides is 2. The van der Waals surface area contributed by atoms with Gasteiger partial charge in [-0.05, 0) is 18.2 Å². The number of halogens is 2. The number of pyridine rings is 1. The van der Waals surface area contributed by atoms with Crippen molar-refractivity contribution in [2.24, 2.45) is 0 Å². The summed E-state index contributed by atoms with van der Waals surface area (Å²) in [6.45, 7) is -3.04. The van der Waals surface area contributed by atoms with Crippen LogP contribution >= 0.6 is 0 Å². The molecule has 0 aliphatic heterocycles. The molecule has 0 atom stereocenters. The van der Waals surface area contributed by atoms with Crippen LogP contribution in [0.4, 0.5) is 31.9 Å². The van der Waals surface area contributed by atoms with Crippen LogP contribution in [0.25, 0.3) is 0 Å². The number of ether oxygens (including phenoxy) is 1. The van der Waals surface area contributed by atoms with Crippen molar-refractivity contribution in [3.8, 4) is 5.88 Å². The SMILES string of the molecule is CNC(=O)c1nnc(Nc2ccc(OC(F)F)nn2)cc1Nc1ncccc1S(C)(=O)=O. The fraction of sp³-hybridized carbons (Fsp3) is 0.176. The normalized spacial score (nSPS) is 11.2. The average Bonchev–Trinajstić information content (AvgIpc) is 2.74. The number of sulfone groups is 1. The van der Waals surface area contributed by atoms with Crippen molar-refractivity contribution >= 4 is 38.9 Å². The lowest BCUT2D eigenvalue weighted by atomic mass is 10.3. The molecule has 3 N–H and O–H groups in total. The molecule has 168 valence electrons. The van der Waals surface area contributed by atoms with E-state index in [1.54, 1.807) is 0 Å². The standard InChI is InChI=1S/C17H16F2N8O4S/c1-20-16(28)14-9(22-15-10(32(2,29)30)4-3-7-21-15)8-12(25-27-14)23-11-5-6-13(26-24-11)31-17(18)19/h3-8,17H,1-2H3,(H,20,28)(H2,21,22,23,24,25). The maximum Gasteiger partial charge on any atom is 0.388 e. The van der Waals surface area contributed by atoms with Gasteiger partial charge >= 0.3 is 6.61 Å². The highest BCUT2D eigenvalue weighted by Gasteiger charge is 2.19. The summed E-state index contributed by atoms with van der Waals surface area (Å²) in [6, 6.07) is 6.66. The van der Waals surface area contributed by atoms with Gasteiger partial charge in [0.25, 0.3) is 5.91 Å². The van der Waals surface area contributed by atoms with Gasteiger partial charge in [0, 0.05) is 31.6 Å². The highest BCUT2D eigenvalue weighted by molar-refractivity contribution is 7.90. The van der Waals surface area contributed by atoms with E-state index < -0.39 is 22.4 Å². The Bertz CT molecular complexity index is 1230. The van der Waals surface area contributed by atoms with Gasteiger partial charge in [0.05, 0.1) is 5.69 Å². The molecule has 0 unspecified atom stereocenters. The highest BCUT2D eigenvalue weighted by atomic mass is 32.2. The third kappa shape index (κ3) is 5.57. The summed E-state index contributed by atoms with van der Waals surface area (Å²) in [6.07, 6.45) is 2.40. The number of nitrogens with zero attached hydrogens (tertiary/aromatic N) is 5. The van der Waals surface area contributed by atoms with Crippen LogP contribution < -0.4 is 20.7 Å². The van der Waals surface area contributed by atoms with Crippen LogP contribution in [0.15, 0.2) is 41.4 Å². The van der Waals surface area contributed by atoms with Gasteiger partial charge in [-0.25, -0.2) is 13.4 Å². The second-order valence-electron chi connectivity index (χ2n) is 6.08. The Labute approximate surface area is 180 Å². The zero-order chi connectivity index (χ0) is 23.3. The summed E-state index contributed by atoms with van der Waals surface area (Å²) in [7, 11) is -2.23. The molecular weight excluding hydrogens is 450 g/mol. The number of nitrogens with one attached hydrogen (secondary N) is 3. The van der Waals surface area contributed by atoms with Gasteiger partial charge in [0.2, 0.25) is 5.88 Å². The average molecular weight is 466 g/mol. The number of aromatic nitrogens is 5. The third-order valence-electron chi connectivity index (χ3n) is 3.77. The molecule has 32 heavy (non-hydrogen) atoms. The fourth-order valence-electron chi connectivity index (χ4n) is 2.42. The molecule has 1 amide bonds. The number of hydrogen-bond acceptors (Lipinski definition) is 11. The molecule has 0 spiro atoms. The van der Waals surface area contributed by atoms with Gasteiger partial charge in [-0.2, -0.15) is 8.78 Å². The van der Waals surface area contributed by atoms with E-state index in [2.05, 4.69) is 46.1 Å². The first-order valence-electron chi connectivity index (χ1n) is 8.75. The molecule has 0 aromatic carbocycles. The zero-order valence-electron chi connectivity index (χ0n) is 16.6. The largest absolute Gasteiger partial charge is 0.415 e. The molecule has 0 aliphatic rings. The van der Waals surface area contributed by atoms with E-state index in [9.17, 15) is 22.0 Å². The van der Waals surface area contributed by atoms with E-state index in [4.69, 9.17) is 0 Å². The van der Waals surface area contributed by atoms with E-state index in [1.807, 2.05) is 0 Å². The maximum atomic E-state index is 12.2. The van der Waals surface area contributed by atoms with Gasteiger partial charge in [0.15, 0.2) is 27.2 Å². The summed E-state index contributed by atoms with van der Waals surface area (Å²) >= 11 is 0. The number of carbonyl (C=O) groups is 1. The Hall–Kier alpha value is -4.01. The predicted molar refractivity (Wildman–Crippen MR) is 108 cm³/mol. The van der Waals surface area contributed by atoms with Crippen LogP contribution in [-0.4, -0.2) is 59.6 Å². The molecule has 3 aromatic heterocycles. The van der Waals surface area contributed by atoms with Crippen molar-refractivity contribution in [1.29, 1.82) is 0 Å². The van der Waals surface area contributed by atoms with Gasteiger partial charge in [-0.1, -0.05) is 0 Å². The second kappa shape index (κ2) is 9.42. The number of rotatable bonds is 8. The molecule has 0 radical (unpaired) electrons. The molecule has 3 heterocycles. The molecule has 0 fully saturated rings. The number of amides is 1. The number of hydrogen-bond donors (Lipinski definition) is 3. The van der Waals surface area contributed by atoms with Crippen LogP contribution in [-0.2, 0) is 9.84 Å². The fourth-order valence-corrected chi connectivity index (χ4v) is 3.20. The zero-order valence-corrected chi connectivity index (χ0v) is 17.4. The number of anilines is 4. The quantitative estimate of drug-likeness (QED) is 0.441. The monoisotopic (exact) mass is 466 g/mol. The van der Waals surface area contributed by atoms with E-state index in [0.29, 0.717) is 0 Å². The Balaban J connectivity index is 1.94. The molecule has 3 aromatic rings. The number of carbonyl (C=O) groups excluding carboxylic acids is 1. The Kier molecular flexibility index (Phi) is 6.67. The lowest BCUT2D eigenvalue weighted by Gasteiger charge is -2.13. The second-order valence-corrected chi connectivity index (χ2v) is 8.06. The smallest absolute Gasteiger partial charge is 0.388 e. The molecule has 0 bridgehead atoms. The highest BCUT2D eigenvalue weighted by Crippen LogP contribution is 2.26. The van der Waals surface area contributed by atoms with Crippen molar-refractivity contribution in [3.63, 3.8) is 0 Å². The summed E-state index contributed by atoms with van der Waals surface area (Å²) in [4.78, 5) is 16.1. The molecule has 15 heteroatoms. The van der Waals surface area contributed by atoms with Gasteiger partial charge in [-0.15, -0.1) is 20.4 Å². The van der Waals surface area contributed by atoms with Crippen LogP contribution in [0.1, 0.15) is 10.5 Å². The lowest BCUT2D eigenvalue weighted by Crippen LogP contribution is -2.22. The lowest BCUT2D eigenvalue weighted by molar-refractivity contribution is -0.0534. The minimum Gasteiger partial charge on any atom is -0.415 e. The van der Waals surface area contributed by atoms with E-state index in [1.165, 1.54) is 43.6 Å². The van der Waals surface area contributed by atoms with Crippen LogP contribution in [0, 0.1) is 0 Å².